The quantitative estimate of drug-likeness (QED) is 0.612. The molecule has 0 atom stereocenters. The van der Waals surface area contributed by atoms with Crippen LogP contribution in [0.4, 0.5) is 10.5 Å². The molecule has 0 fully saturated rings. The van der Waals surface area contributed by atoms with E-state index in [4.69, 9.17) is 4.74 Å². The molecular weight excluding hydrogens is 222 g/mol. The average Bonchev–Trinajstić information content (AvgIpc) is 2.18. The number of hydrogen-bond donors (Lipinski definition) is 2. The Morgan fingerprint density at radius 2 is 2.06 bits per heavy atom. The second-order valence-corrected chi connectivity index (χ2v) is 4.52. The molecule has 5 nitrogen and oxygen atoms in total. The fourth-order valence-electron chi connectivity index (χ4n) is 1.14. The van der Waals surface area contributed by atoms with E-state index in [0.29, 0.717) is 11.8 Å². The lowest BCUT2D eigenvalue weighted by molar-refractivity contribution is 0.0635. The predicted molar refractivity (Wildman–Crippen MR) is 63.4 cm³/mol. The molecule has 1 aromatic carbocycles. The Labute approximate surface area is 99.4 Å². The van der Waals surface area contributed by atoms with Crippen LogP contribution in [0.25, 0.3) is 0 Å². The van der Waals surface area contributed by atoms with Gasteiger partial charge in [-0.1, -0.05) is 0 Å². The Hall–Kier alpha value is -2.04. The molecule has 1 aromatic rings. The van der Waals surface area contributed by atoms with E-state index in [1.54, 1.807) is 20.8 Å². The molecule has 2 N–H and O–H groups in total. The first-order valence-electron chi connectivity index (χ1n) is 5.10. The van der Waals surface area contributed by atoms with E-state index in [9.17, 15) is 14.7 Å². The monoisotopic (exact) mass is 237 g/mol. The second-order valence-electron chi connectivity index (χ2n) is 4.52. The number of hydrogen-bond acceptors (Lipinski definition) is 4. The van der Waals surface area contributed by atoms with Crippen LogP contribution in [0.2, 0.25) is 0 Å². The lowest BCUT2D eigenvalue weighted by Crippen LogP contribution is -2.27. The average molecular weight is 237 g/mol. The molecule has 0 aliphatic carbocycles. The molecule has 0 bridgehead atoms. The highest BCUT2D eigenvalue weighted by molar-refractivity contribution is 5.89. The first-order chi connectivity index (χ1) is 7.81. The second kappa shape index (κ2) is 4.86. The normalized spacial score (nSPS) is 10.8. The van der Waals surface area contributed by atoms with Crippen molar-refractivity contribution in [2.24, 2.45) is 0 Å². The summed E-state index contributed by atoms with van der Waals surface area (Å²) in [7, 11) is 0. The topological polar surface area (TPSA) is 75.6 Å². The van der Waals surface area contributed by atoms with Gasteiger partial charge in [0, 0.05) is 5.56 Å². The van der Waals surface area contributed by atoms with Gasteiger partial charge in [0.15, 0.2) is 0 Å². The van der Waals surface area contributed by atoms with Gasteiger partial charge in [-0.05, 0) is 39.0 Å². The number of rotatable bonds is 2. The minimum absolute atomic E-state index is 0.124. The van der Waals surface area contributed by atoms with Gasteiger partial charge in [0.1, 0.15) is 17.6 Å². The molecule has 0 saturated carbocycles. The molecule has 0 saturated heterocycles. The van der Waals surface area contributed by atoms with Crippen molar-refractivity contribution in [1.29, 1.82) is 0 Å². The van der Waals surface area contributed by atoms with Crippen molar-refractivity contribution in [2.45, 2.75) is 26.4 Å². The molecule has 0 radical (unpaired) electrons. The molecule has 17 heavy (non-hydrogen) atoms. The number of phenolic OH excluding ortho intramolecular Hbond substituents is 1. The maximum Gasteiger partial charge on any atom is 0.412 e. The SMILES string of the molecule is CC(C)(C)OC(=O)Nc1cc(C=O)ccc1O. The van der Waals surface area contributed by atoms with E-state index in [2.05, 4.69) is 5.32 Å². The van der Waals surface area contributed by atoms with E-state index < -0.39 is 11.7 Å². The molecule has 0 unspecified atom stereocenters. The third-order valence-electron chi connectivity index (χ3n) is 1.79. The van der Waals surface area contributed by atoms with Gasteiger partial charge >= 0.3 is 6.09 Å². The molecule has 92 valence electrons. The van der Waals surface area contributed by atoms with Crippen molar-refractivity contribution < 1.29 is 19.4 Å². The number of anilines is 1. The van der Waals surface area contributed by atoms with E-state index in [1.165, 1.54) is 18.2 Å². The van der Waals surface area contributed by atoms with Gasteiger partial charge in [-0.2, -0.15) is 0 Å². The minimum Gasteiger partial charge on any atom is -0.506 e. The molecule has 0 spiro atoms. The Morgan fingerprint density at radius 1 is 1.41 bits per heavy atom. The highest BCUT2D eigenvalue weighted by Crippen LogP contribution is 2.24. The molecular formula is C12H15NO4. The predicted octanol–water partition coefficient (Wildman–Crippen LogP) is 2.55. The van der Waals surface area contributed by atoms with Crippen LogP contribution in [0.1, 0.15) is 31.1 Å². The summed E-state index contributed by atoms with van der Waals surface area (Å²) >= 11 is 0. The number of phenols is 1. The molecule has 0 aliphatic heterocycles. The van der Waals surface area contributed by atoms with Crippen molar-refractivity contribution in [3.63, 3.8) is 0 Å². The standard InChI is InChI=1S/C12H15NO4/c1-12(2,3)17-11(16)13-9-6-8(7-14)4-5-10(9)15/h4-7,15H,1-3H3,(H,13,16). The summed E-state index contributed by atoms with van der Waals surface area (Å²) in [6, 6.07) is 4.14. The van der Waals surface area contributed by atoms with Crippen molar-refractivity contribution in [1.82, 2.24) is 0 Å². The largest absolute Gasteiger partial charge is 0.506 e. The van der Waals surface area contributed by atoms with Crippen molar-refractivity contribution in [3.8, 4) is 5.75 Å². The number of nitrogens with one attached hydrogen (secondary N) is 1. The van der Waals surface area contributed by atoms with Crippen molar-refractivity contribution in [3.05, 3.63) is 23.8 Å². The van der Waals surface area contributed by atoms with Crippen LogP contribution in [-0.4, -0.2) is 23.1 Å². The summed E-state index contributed by atoms with van der Waals surface area (Å²) in [6.45, 7) is 5.19. The number of benzene rings is 1. The molecule has 0 aliphatic rings. The number of aromatic hydroxyl groups is 1. The summed E-state index contributed by atoms with van der Waals surface area (Å²) < 4.78 is 5.02. The minimum atomic E-state index is -0.684. The molecule has 0 heterocycles. The van der Waals surface area contributed by atoms with Crippen LogP contribution in [0.3, 0.4) is 0 Å². The first-order valence-corrected chi connectivity index (χ1v) is 5.10. The van der Waals surface area contributed by atoms with Crippen LogP contribution in [-0.2, 0) is 4.74 Å². The van der Waals surface area contributed by atoms with Gasteiger partial charge in [-0.15, -0.1) is 0 Å². The zero-order chi connectivity index (χ0) is 13.1. The number of carbonyl (C=O) groups is 2. The molecule has 5 heteroatoms. The van der Waals surface area contributed by atoms with Crippen molar-refractivity contribution in [2.75, 3.05) is 5.32 Å². The van der Waals surface area contributed by atoms with Crippen LogP contribution in [0.15, 0.2) is 18.2 Å². The van der Waals surface area contributed by atoms with Crippen LogP contribution >= 0.6 is 0 Å². The zero-order valence-electron chi connectivity index (χ0n) is 9.98. The Bertz CT molecular complexity index is 435. The summed E-state index contributed by atoms with van der Waals surface area (Å²) in [5.74, 6) is -0.124. The van der Waals surface area contributed by atoms with Gasteiger partial charge in [0.05, 0.1) is 5.69 Å². The Kier molecular flexibility index (Phi) is 3.73. The first kappa shape index (κ1) is 13.0. The lowest BCUT2D eigenvalue weighted by Gasteiger charge is -2.19. The number of ether oxygens (including phenoxy) is 1. The highest BCUT2D eigenvalue weighted by atomic mass is 16.6. The van der Waals surface area contributed by atoms with Crippen molar-refractivity contribution >= 4 is 18.1 Å². The molecule has 0 aromatic heterocycles. The number of aldehydes is 1. The summed E-state index contributed by atoms with van der Waals surface area (Å²) in [4.78, 5) is 22.0. The van der Waals surface area contributed by atoms with E-state index in [0.717, 1.165) is 0 Å². The molecule has 1 amide bonds. The van der Waals surface area contributed by atoms with Gasteiger partial charge in [0.2, 0.25) is 0 Å². The van der Waals surface area contributed by atoms with Gasteiger partial charge in [-0.3, -0.25) is 10.1 Å². The molecule has 1 rings (SSSR count). The van der Waals surface area contributed by atoms with Gasteiger partial charge in [-0.25, -0.2) is 4.79 Å². The zero-order valence-corrected chi connectivity index (χ0v) is 9.98. The van der Waals surface area contributed by atoms with Crippen LogP contribution in [0, 0.1) is 0 Å². The highest BCUT2D eigenvalue weighted by Gasteiger charge is 2.17. The maximum absolute atomic E-state index is 11.4. The van der Waals surface area contributed by atoms with E-state index >= 15 is 0 Å². The van der Waals surface area contributed by atoms with Crippen LogP contribution in [0.5, 0.6) is 5.75 Å². The summed E-state index contributed by atoms with van der Waals surface area (Å²) in [6.07, 6.45) is -0.0597. The van der Waals surface area contributed by atoms with Gasteiger partial charge < -0.3 is 9.84 Å². The van der Waals surface area contributed by atoms with Gasteiger partial charge in [0.25, 0.3) is 0 Å². The van der Waals surface area contributed by atoms with E-state index in [-0.39, 0.29) is 11.4 Å². The fourth-order valence-corrected chi connectivity index (χ4v) is 1.14. The maximum atomic E-state index is 11.4. The lowest BCUT2D eigenvalue weighted by atomic mass is 10.2. The smallest absolute Gasteiger partial charge is 0.412 e. The summed E-state index contributed by atoms with van der Waals surface area (Å²) in [5.41, 5.74) is -0.125. The summed E-state index contributed by atoms with van der Waals surface area (Å²) in [5, 5.41) is 11.9. The Morgan fingerprint density at radius 3 is 2.59 bits per heavy atom. The van der Waals surface area contributed by atoms with Crippen LogP contribution < -0.4 is 5.32 Å². The fraction of sp³-hybridized carbons (Fsp3) is 0.333. The van der Waals surface area contributed by atoms with E-state index in [1.807, 2.05) is 0 Å². The third-order valence-corrected chi connectivity index (χ3v) is 1.79. The number of amides is 1. The third kappa shape index (κ3) is 4.14. The number of carbonyl (C=O) groups excluding carboxylic acids is 2. The Balaban J connectivity index is 2.81.